The molecule has 7 nitrogen and oxygen atoms in total. The van der Waals surface area contributed by atoms with Crippen LogP contribution in [-0.2, 0) is 10.0 Å². The second kappa shape index (κ2) is 8.94. The van der Waals surface area contributed by atoms with Crippen molar-refractivity contribution < 1.29 is 8.42 Å². The van der Waals surface area contributed by atoms with Crippen LogP contribution in [0.15, 0.2) is 58.5 Å². The maximum absolute atomic E-state index is 12.6. The first-order valence-corrected chi connectivity index (χ1v) is 12.7. The number of nitrogens with zero attached hydrogens (tertiary/aromatic N) is 4. The number of likely N-dealkylation sites (N-methyl/N-ethyl adjacent to an activating group) is 1. The highest BCUT2D eigenvalue weighted by atomic mass is 32.2. The molecule has 4 rings (SSSR count). The van der Waals surface area contributed by atoms with Crippen molar-refractivity contribution in [1.29, 1.82) is 0 Å². The van der Waals surface area contributed by atoms with Gasteiger partial charge in [-0.25, -0.2) is 9.97 Å². The Morgan fingerprint density at radius 1 is 1.26 bits per heavy atom. The van der Waals surface area contributed by atoms with Crippen molar-refractivity contribution in [3.05, 3.63) is 64.6 Å². The lowest BCUT2D eigenvalue weighted by Crippen LogP contribution is -2.35. The van der Waals surface area contributed by atoms with Gasteiger partial charge < -0.3 is 4.90 Å². The molecule has 1 aliphatic heterocycles. The van der Waals surface area contributed by atoms with Gasteiger partial charge in [-0.3, -0.25) is 9.62 Å². The maximum atomic E-state index is 12.6. The summed E-state index contributed by atoms with van der Waals surface area (Å²) in [7, 11) is -1.70. The SMILES string of the molecule is Cc1cc(S(=O)(=O)Nc2cscn2)ncc1N(C)C1CCN([C@H](C)c2ccccc2)C1. The van der Waals surface area contributed by atoms with E-state index in [1.165, 1.54) is 16.9 Å². The Morgan fingerprint density at radius 3 is 2.71 bits per heavy atom. The van der Waals surface area contributed by atoms with E-state index in [1.54, 1.807) is 23.2 Å². The van der Waals surface area contributed by atoms with Gasteiger partial charge in [0, 0.05) is 37.6 Å². The van der Waals surface area contributed by atoms with Gasteiger partial charge in [-0.05, 0) is 37.5 Å². The quantitative estimate of drug-likeness (QED) is 0.579. The van der Waals surface area contributed by atoms with Crippen molar-refractivity contribution in [3.8, 4) is 0 Å². The molecule has 9 heteroatoms. The zero-order valence-electron chi connectivity index (χ0n) is 17.9. The number of pyridine rings is 1. The Kier molecular flexibility index (Phi) is 6.27. The Labute approximate surface area is 187 Å². The summed E-state index contributed by atoms with van der Waals surface area (Å²) in [5.74, 6) is 0.309. The largest absolute Gasteiger partial charge is 0.369 e. The van der Waals surface area contributed by atoms with Crippen LogP contribution in [-0.4, -0.2) is 49.5 Å². The van der Waals surface area contributed by atoms with Crippen molar-refractivity contribution in [2.75, 3.05) is 29.8 Å². The normalized spacial score (nSPS) is 18.1. The lowest BCUT2D eigenvalue weighted by molar-refractivity contribution is 0.259. The summed E-state index contributed by atoms with van der Waals surface area (Å²) in [5, 5.41) is 1.65. The highest BCUT2D eigenvalue weighted by molar-refractivity contribution is 7.92. The third kappa shape index (κ3) is 4.73. The average Bonchev–Trinajstić information content (AvgIpc) is 3.45. The summed E-state index contributed by atoms with van der Waals surface area (Å²) in [6.45, 7) is 6.16. The van der Waals surface area contributed by atoms with Crippen molar-refractivity contribution in [2.45, 2.75) is 37.4 Å². The van der Waals surface area contributed by atoms with E-state index >= 15 is 0 Å². The van der Waals surface area contributed by atoms with Crippen LogP contribution in [0.4, 0.5) is 11.5 Å². The van der Waals surface area contributed by atoms with Gasteiger partial charge in [-0.2, -0.15) is 8.42 Å². The maximum Gasteiger partial charge on any atom is 0.280 e. The van der Waals surface area contributed by atoms with Crippen LogP contribution in [0.1, 0.15) is 30.5 Å². The molecular weight excluding hydrogens is 430 g/mol. The fourth-order valence-electron chi connectivity index (χ4n) is 4.07. The molecule has 1 unspecified atom stereocenters. The van der Waals surface area contributed by atoms with Crippen molar-refractivity contribution in [1.82, 2.24) is 14.9 Å². The number of likely N-dealkylation sites (tertiary alicyclic amines) is 1. The van der Waals surface area contributed by atoms with Crippen LogP contribution in [0, 0.1) is 6.92 Å². The van der Waals surface area contributed by atoms with Crippen LogP contribution in [0.5, 0.6) is 0 Å². The van der Waals surface area contributed by atoms with Gasteiger partial charge in [0.15, 0.2) is 10.8 Å². The monoisotopic (exact) mass is 457 g/mol. The first-order chi connectivity index (χ1) is 14.8. The molecule has 1 saturated heterocycles. The molecule has 1 fully saturated rings. The third-order valence-corrected chi connectivity index (χ3v) is 7.80. The highest BCUT2D eigenvalue weighted by Gasteiger charge is 2.30. The Bertz CT molecular complexity index is 1120. The predicted octanol–water partition coefficient (Wildman–Crippen LogP) is 3.92. The minimum atomic E-state index is -3.76. The number of sulfonamides is 1. The Balaban J connectivity index is 1.46. The summed E-state index contributed by atoms with van der Waals surface area (Å²) in [6, 6.07) is 12.9. The molecule has 1 aromatic carbocycles. The molecule has 0 aliphatic carbocycles. The topological polar surface area (TPSA) is 78.4 Å². The summed E-state index contributed by atoms with van der Waals surface area (Å²) in [5.41, 5.74) is 4.74. The number of aromatic nitrogens is 2. The first kappa shape index (κ1) is 21.7. The molecule has 3 heterocycles. The third-order valence-electron chi connectivity index (χ3n) is 5.96. The van der Waals surface area contributed by atoms with E-state index in [0.29, 0.717) is 17.9 Å². The number of hydrogen-bond donors (Lipinski definition) is 1. The molecule has 0 bridgehead atoms. The van der Waals surface area contributed by atoms with Gasteiger partial charge in [0.2, 0.25) is 0 Å². The molecule has 0 amide bonds. The second-order valence-corrected chi connectivity index (χ2v) is 10.3. The molecule has 2 atom stereocenters. The highest BCUT2D eigenvalue weighted by Crippen LogP contribution is 2.30. The fraction of sp³-hybridized carbons (Fsp3) is 0.364. The van der Waals surface area contributed by atoms with E-state index < -0.39 is 10.0 Å². The molecular formula is C22H27N5O2S2. The van der Waals surface area contributed by atoms with E-state index in [0.717, 1.165) is 30.8 Å². The molecule has 0 spiro atoms. The summed E-state index contributed by atoms with van der Waals surface area (Å²) >= 11 is 1.33. The van der Waals surface area contributed by atoms with E-state index in [2.05, 4.69) is 62.7 Å². The second-order valence-electron chi connectivity index (χ2n) is 7.92. The number of anilines is 2. The minimum absolute atomic E-state index is 0.000832. The van der Waals surface area contributed by atoms with Gasteiger partial charge in [0.1, 0.15) is 0 Å². The molecule has 0 saturated carbocycles. The molecule has 31 heavy (non-hydrogen) atoms. The average molecular weight is 458 g/mol. The van der Waals surface area contributed by atoms with Crippen LogP contribution in [0.2, 0.25) is 0 Å². The summed E-state index contributed by atoms with van der Waals surface area (Å²) < 4.78 is 27.7. The van der Waals surface area contributed by atoms with Gasteiger partial charge in [-0.15, -0.1) is 11.3 Å². The van der Waals surface area contributed by atoms with Gasteiger partial charge in [0.25, 0.3) is 10.0 Å². The van der Waals surface area contributed by atoms with Gasteiger partial charge in [0.05, 0.1) is 17.4 Å². The molecule has 0 radical (unpaired) electrons. The number of aryl methyl sites for hydroxylation is 1. The van der Waals surface area contributed by atoms with Crippen LogP contribution >= 0.6 is 11.3 Å². The van der Waals surface area contributed by atoms with Crippen molar-refractivity contribution >= 4 is 32.9 Å². The van der Waals surface area contributed by atoms with Crippen LogP contribution < -0.4 is 9.62 Å². The summed E-state index contributed by atoms with van der Waals surface area (Å²) in [4.78, 5) is 13.0. The number of hydrogen-bond acceptors (Lipinski definition) is 7. The van der Waals surface area contributed by atoms with Gasteiger partial charge >= 0.3 is 0 Å². The van der Waals surface area contributed by atoms with Crippen molar-refractivity contribution in [2.24, 2.45) is 0 Å². The van der Waals surface area contributed by atoms with E-state index in [-0.39, 0.29) is 5.03 Å². The predicted molar refractivity (Wildman–Crippen MR) is 125 cm³/mol. The molecule has 1 aliphatic rings. The lowest BCUT2D eigenvalue weighted by Gasteiger charge is -2.30. The zero-order valence-corrected chi connectivity index (χ0v) is 19.5. The fourth-order valence-corrected chi connectivity index (χ4v) is 5.64. The summed E-state index contributed by atoms with van der Waals surface area (Å²) in [6.07, 6.45) is 2.72. The number of benzene rings is 1. The standard InChI is InChI=1S/C22H27N5O2S2/c1-16-11-22(31(28,29)25-21-14-30-15-24-21)23-12-20(16)26(3)19-9-10-27(13-19)17(2)18-7-5-4-6-8-18/h4-8,11-12,14-15,17,19,25H,9-10,13H2,1-3H3/t17-,19?/m1/s1. The molecule has 1 N–H and O–H groups in total. The number of thiazole rings is 1. The zero-order chi connectivity index (χ0) is 22.0. The van der Waals surface area contributed by atoms with Crippen LogP contribution in [0.25, 0.3) is 0 Å². The molecule has 3 aromatic rings. The van der Waals surface area contributed by atoms with E-state index in [4.69, 9.17) is 0 Å². The minimum Gasteiger partial charge on any atom is -0.369 e. The number of rotatable bonds is 7. The smallest absolute Gasteiger partial charge is 0.280 e. The lowest BCUT2D eigenvalue weighted by atomic mass is 10.1. The van der Waals surface area contributed by atoms with Crippen LogP contribution in [0.3, 0.4) is 0 Å². The van der Waals surface area contributed by atoms with Gasteiger partial charge in [-0.1, -0.05) is 30.3 Å². The Morgan fingerprint density at radius 2 is 2.03 bits per heavy atom. The van der Waals surface area contributed by atoms with E-state index in [9.17, 15) is 8.42 Å². The van der Waals surface area contributed by atoms with Crippen molar-refractivity contribution in [3.63, 3.8) is 0 Å². The molecule has 164 valence electrons. The number of nitrogens with one attached hydrogen (secondary N) is 1. The first-order valence-electron chi connectivity index (χ1n) is 10.2. The molecule has 2 aromatic heterocycles. The Hall–Kier alpha value is -2.49. The van der Waals surface area contributed by atoms with E-state index in [1.807, 2.05) is 13.0 Å².